The van der Waals surface area contributed by atoms with Gasteiger partial charge in [-0.25, -0.2) is 4.79 Å². The topological polar surface area (TPSA) is 126 Å². The van der Waals surface area contributed by atoms with E-state index in [1.165, 1.54) is 51.2 Å². The number of rotatable bonds is 17. The Morgan fingerprint density at radius 1 is 1.07 bits per heavy atom. The molecule has 0 spiro atoms. The SMILES string of the molecule is CCCCCCCCCCC=COC(CO)COC1=C(O)C(=O)O[C@@H]1[C@@H](O)CO. The molecular formula is C21H36O8. The monoisotopic (exact) mass is 416 g/mol. The Kier molecular flexibility index (Phi) is 13.2. The zero-order valence-corrected chi connectivity index (χ0v) is 17.3. The van der Waals surface area contributed by atoms with Gasteiger partial charge in [-0.05, 0) is 18.9 Å². The molecule has 0 bridgehead atoms. The van der Waals surface area contributed by atoms with Gasteiger partial charge in [-0.1, -0.05) is 51.9 Å². The maximum Gasteiger partial charge on any atom is 0.378 e. The maximum absolute atomic E-state index is 11.4. The highest BCUT2D eigenvalue weighted by Gasteiger charge is 2.40. The van der Waals surface area contributed by atoms with Crippen molar-refractivity contribution in [1.29, 1.82) is 0 Å². The number of carbonyl (C=O) groups excluding carboxylic acids is 1. The molecule has 8 heteroatoms. The fourth-order valence-electron chi connectivity index (χ4n) is 2.91. The molecular weight excluding hydrogens is 380 g/mol. The molecule has 0 aromatic carbocycles. The minimum absolute atomic E-state index is 0.163. The Bertz CT molecular complexity index is 517. The van der Waals surface area contributed by atoms with Crippen LogP contribution in [0.1, 0.15) is 64.7 Å². The Hall–Kier alpha value is -1.77. The number of allylic oxidation sites excluding steroid dienone is 1. The standard InChI is InChI=1S/C21H36O8/c1-2-3-4-5-6-7-8-9-10-11-12-27-16(13-22)15-28-20-18(25)21(26)29-19(20)17(24)14-23/h11-12,16-17,19,22-25H,2-10,13-15H2,1H3/t16?,17-,19+/m0/s1. The van der Waals surface area contributed by atoms with Crippen LogP contribution in [-0.2, 0) is 19.0 Å². The lowest BCUT2D eigenvalue weighted by Gasteiger charge is -2.20. The Balaban J connectivity index is 2.25. The summed E-state index contributed by atoms with van der Waals surface area (Å²) in [5.74, 6) is -2.07. The molecule has 3 atom stereocenters. The van der Waals surface area contributed by atoms with Gasteiger partial charge in [0.25, 0.3) is 0 Å². The maximum atomic E-state index is 11.4. The molecule has 0 aromatic rings. The van der Waals surface area contributed by atoms with Crippen molar-refractivity contribution in [2.24, 2.45) is 0 Å². The number of esters is 1. The van der Waals surface area contributed by atoms with Crippen molar-refractivity contribution in [3.63, 3.8) is 0 Å². The van der Waals surface area contributed by atoms with Gasteiger partial charge in [0, 0.05) is 0 Å². The predicted molar refractivity (Wildman–Crippen MR) is 107 cm³/mol. The lowest BCUT2D eigenvalue weighted by Crippen LogP contribution is -2.33. The highest BCUT2D eigenvalue weighted by Crippen LogP contribution is 2.25. The summed E-state index contributed by atoms with van der Waals surface area (Å²) in [6.07, 6.45) is 10.9. The number of aliphatic hydroxyl groups excluding tert-OH is 4. The number of cyclic esters (lactones) is 1. The van der Waals surface area contributed by atoms with E-state index in [0.717, 1.165) is 12.8 Å². The quantitative estimate of drug-likeness (QED) is 0.162. The summed E-state index contributed by atoms with van der Waals surface area (Å²) in [4.78, 5) is 11.4. The minimum atomic E-state index is -1.42. The first kappa shape index (κ1) is 25.3. The van der Waals surface area contributed by atoms with E-state index in [9.17, 15) is 20.1 Å². The molecule has 168 valence electrons. The third-order valence-electron chi connectivity index (χ3n) is 4.68. The molecule has 29 heavy (non-hydrogen) atoms. The first-order valence-electron chi connectivity index (χ1n) is 10.5. The average Bonchev–Trinajstić information content (AvgIpc) is 3.01. The van der Waals surface area contributed by atoms with Crippen LogP contribution in [0, 0.1) is 0 Å². The molecule has 0 aromatic heterocycles. The van der Waals surface area contributed by atoms with Crippen LogP contribution in [0.5, 0.6) is 0 Å². The molecule has 1 aliphatic heterocycles. The number of unbranched alkanes of at least 4 members (excludes halogenated alkanes) is 8. The smallest absolute Gasteiger partial charge is 0.378 e. The van der Waals surface area contributed by atoms with Crippen LogP contribution in [0.2, 0.25) is 0 Å². The van der Waals surface area contributed by atoms with Crippen LogP contribution < -0.4 is 0 Å². The summed E-state index contributed by atoms with van der Waals surface area (Å²) in [5, 5.41) is 37.8. The van der Waals surface area contributed by atoms with Crippen molar-refractivity contribution in [2.75, 3.05) is 19.8 Å². The van der Waals surface area contributed by atoms with Crippen LogP contribution >= 0.6 is 0 Å². The van der Waals surface area contributed by atoms with Gasteiger partial charge in [-0.2, -0.15) is 0 Å². The van der Waals surface area contributed by atoms with Gasteiger partial charge in [-0.3, -0.25) is 0 Å². The molecule has 1 unspecified atom stereocenters. The second-order valence-corrected chi connectivity index (χ2v) is 7.18. The lowest BCUT2D eigenvalue weighted by molar-refractivity contribution is -0.148. The molecule has 4 N–H and O–H groups in total. The second kappa shape index (κ2) is 15.1. The van der Waals surface area contributed by atoms with Crippen molar-refractivity contribution in [1.82, 2.24) is 0 Å². The van der Waals surface area contributed by atoms with Crippen LogP contribution in [-0.4, -0.2) is 64.5 Å². The molecule has 0 fully saturated rings. The van der Waals surface area contributed by atoms with Gasteiger partial charge in [-0.15, -0.1) is 0 Å². The lowest BCUT2D eigenvalue weighted by atomic mass is 10.1. The third kappa shape index (κ3) is 9.51. The van der Waals surface area contributed by atoms with Crippen LogP contribution in [0.15, 0.2) is 23.9 Å². The minimum Gasteiger partial charge on any atom is -0.499 e. The van der Waals surface area contributed by atoms with Crippen molar-refractivity contribution in [3.8, 4) is 0 Å². The van der Waals surface area contributed by atoms with Gasteiger partial charge in [0.15, 0.2) is 18.0 Å². The van der Waals surface area contributed by atoms with E-state index in [0.29, 0.717) is 0 Å². The molecule has 1 rings (SSSR count). The van der Waals surface area contributed by atoms with E-state index < -0.39 is 36.6 Å². The van der Waals surface area contributed by atoms with Crippen molar-refractivity contribution in [3.05, 3.63) is 23.9 Å². The fourth-order valence-corrected chi connectivity index (χ4v) is 2.91. The number of ether oxygens (including phenoxy) is 3. The Morgan fingerprint density at radius 2 is 1.72 bits per heavy atom. The molecule has 1 heterocycles. The van der Waals surface area contributed by atoms with Gasteiger partial charge in [0.05, 0.1) is 19.5 Å². The molecule has 0 saturated heterocycles. The van der Waals surface area contributed by atoms with Crippen molar-refractivity contribution in [2.45, 2.75) is 83.0 Å². The Labute approximate surface area is 172 Å². The number of hydrogen-bond donors (Lipinski definition) is 4. The summed E-state index contributed by atoms with van der Waals surface area (Å²) < 4.78 is 15.5. The first-order valence-corrected chi connectivity index (χ1v) is 10.5. The molecule has 0 radical (unpaired) electrons. The summed E-state index contributed by atoms with van der Waals surface area (Å²) in [6, 6.07) is 0. The summed E-state index contributed by atoms with van der Waals surface area (Å²) in [6.45, 7) is 1.05. The largest absolute Gasteiger partial charge is 0.499 e. The van der Waals surface area contributed by atoms with Crippen LogP contribution in [0.25, 0.3) is 0 Å². The third-order valence-corrected chi connectivity index (χ3v) is 4.68. The van der Waals surface area contributed by atoms with Gasteiger partial charge in [0.2, 0.25) is 5.76 Å². The van der Waals surface area contributed by atoms with E-state index >= 15 is 0 Å². The number of aliphatic hydroxyl groups is 4. The molecule has 1 aliphatic rings. The summed E-state index contributed by atoms with van der Waals surface area (Å²) in [5.41, 5.74) is 0. The van der Waals surface area contributed by atoms with E-state index in [1.807, 2.05) is 6.08 Å². The summed E-state index contributed by atoms with van der Waals surface area (Å²) >= 11 is 0. The summed E-state index contributed by atoms with van der Waals surface area (Å²) in [7, 11) is 0. The van der Waals surface area contributed by atoms with Crippen LogP contribution in [0.3, 0.4) is 0 Å². The highest BCUT2D eigenvalue weighted by atomic mass is 16.6. The van der Waals surface area contributed by atoms with Crippen molar-refractivity contribution < 1.29 is 39.4 Å². The van der Waals surface area contributed by atoms with Gasteiger partial charge >= 0.3 is 5.97 Å². The van der Waals surface area contributed by atoms with Gasteiger partial charge < -0.3 is 34.6 Å². The number of hydrogen-bond acceptors (Lipinski definition) is 8. The second-order valence-electron chi connectivity index (χ2n) is 7.18. The van der Waals surface area contributed by atoms with E-state index in [1.54, 1.807) is 0 Å². The zero-order valence-electron chi connectivity index (χ0n) is 17.3. The molecule has 0 saturated carbocycles. The zero-order chi connectivity index (χ0) is 21.5. The first-order chi connectivity index (χ1) is 14.0. The Morgan fingerprint density at radius 3 is 2.34 bits per heavy atom. The van der Waals surface area contributed by atoms with Crippen LogP contribution in [0.4, 0.5) is 0 Å². The molecule has 8 nitrogen and oxygen atoms in total. The number of carbonyl (C=O) groups is 1. The van der Waals surface area contributed by atoms with Gasteiger partial charge in [0.1, 0.15) is 12.7 Å². The highest BCUT2D eigenvalue weighted by molar-refractivity contribution is 5.89. The average molecular weight is 417 g/mol. The fraction of sp³-hybridized carbons (Fsp3) is 0.762. The molecule has 0 aliphatic carbocycles. The van der Waals surface area contributed by atoms with E-state index in [4.69, 9.17) is 19.3 Å². The van der Waals surface area contributed by atoms with E-state index in [-0.39, 0.29) is 19.0 Å². The van der Waals surface area contributed by atoms with Crippen molar-refractivity contribution >= 4 is 5.97 Å². The van der Waals surface area contributed by atoms with E-state index in [2.05, 4.69) is 6.92 Å². The predicted octanol–water partition coefficient (Wildman–Crippen LogP) is 2.47. The normalized spacial score (nSPS) is 18.9. The molecule has 0 amide bonds.